The number of aliphatic carboxylic acids is 3. The van der Waals surface area contributed by atoms with Crippen LogP contribution in [-0.4, -0.2) is 141 Å². The van der Waals surface area contributed by atoms with Crippen molar-refractivity contribution in [3.05, 3.63) is 59.7 Å². The number of aliphatic hydroxyl groups excluding tert-OH is 1. The molecule has 20 nitrogen and oxygen atoms in total. The van der Waals surface area contributed by atoms with Gasteiger partial charge < -0.3 is 84.2 Å². The summed E-state index contributed by atoms with van der Waals surface area (Å²) in [5.74, 6) is -10.3. The molecule has 0 saturated carbocycles. The highest BCUT2D eigenvalue weighted by Gasteiger charge is 2.47. The first-order valence-electron chi connectivity index (χ1n) is 22.4. The number of nitrogens with one attached hydrogen (secondary N) is 2. The van der Waals surface area contributed by atoms with E-state index in [0.717, 1.165) is 24.3 Å². The van der Waals surface area contributed by atoms with E-state index in [1.165, 1.54) is 12.1 Å². The van der Waals surface area contributed by atoms with E-state index in [4.69, 9.17) is 29.7 Å². The number of carbonyl (C=O) groups excluding carboxylic acids is 5. The number of nitrogens with zero attached hydrogens (tertiary/aromatic N) is 2. The van der Waals surface area contributed by atoms with Crippen LogP contribution in [0.2, 0.25) is 0 Å². The summed E-state index contributed by atoms with van der Waals surface area (Å²) >= 11 is 0. The maximum absolute atomic E-state index is 14.1. The number of Topliss-reactive ketones (excluding diaryl/α,β-unsaturated/α-hetero) is 2. The van der Waals surface area contributed by atoms with Gasteiger partial charge in [-0.05, 0) is 61.8 Å². The average Bonchev–Trinajstić information content (AvgIpc) is 3.58. The topological polar surface area (TPSA) is 307 Å². The smallest absolute Gasteiger partial charge is 0.552 e. The maximum atomic E-state index is 14.1. The van der Waals surface area contributed by atoms with E-state index in [1.807, 2.05) is 27.7 Å². The number of carboxylic acid groups (broad SMARTS) is 3. The Morgan fingerprint density at radius 2 is 1.20 bits per heavy atom. The molecule has 6 atom stereocenters. The zero-order valence-corrected chi connectivity index (χ0v) is 41.4. The Morgan fingerprint density at radius 3 is 1.55 bits per heavy atom. The predicted molar refractivity (Wildman–Crippen MR) is 241 cm³/mol. The Hall–Kier alpha value is -5.38. The van der Waals surface area contributed by atoms with Gasteiger partial charge in [0.2, 0.25) is 11.8 Å². The highest BCUT2D eigenvalue weighted by molar-refractivity contribution is 6.51. The number of anilines is 2. The number of carbonyl (C=O) groups is 8. The summed E-state index contributed by atoms with van der Waals surface area (Å²) in [6, 6.07) is 5.26. The molecule has 0 spiro atoms. The maximum Gasteiger partial charge on any atom is 0.552 e. The van der Waals surface area contributed by atoms with Crippen molar-refractivity contribution in [1.82, 2.24) is 10.6 Å². The molecule has 0 aromatic heterocycles. The van der Waals surface area contributed by atoms with Gasteiger partial charge in [-0.1, -0.05) is 27.7 Å². The van der Waals surface area contributed by atoms with E-state index in [0.29, 0.717) is 38.8 Å². The second-order valence-electron chi connectivity index (χ2n) is 17.6. The Kier molecular flexibility index (Phi) is 25.4. The van der Waals surface area contributed by atoms with Crippen LogP contribution in [-0.2, 0) is 47.7 Å². The number of hydrogen-bond acceptors (Lipinski definition) is 15. The molecule has 2 amide bonds. The van der Waals surface area contributed by atoms with Crippen LogP contribution in [0.15, 0.2) is 36.4 Å². The lowest BCUT2D eigenvalue weighted by Gasteiger charge is -2.42. The molecule has 3 saturated heterocycles. The summed E-state index contributed by atoms with van der Waals surface area (Å²) < 4.78 is 64.7. The molecule has 3 fully saturated rings. The monoisotopic (exact) mass is 1120 g/mol. The Balaban J connectivity index is 0.000000417. The summed E-state index contributed by atoms with van der Waals surface area (Å²) in [6.45, 7) is 8.51. The lowest BCUT2D eigenvalue weighted by atomic mass is 9.74. The van der Waals surface area contributed by atoms with Gasteiger partial charge in [0.25, 0.3) is 0 Å². The number of halogens is 5. The van der Waals surface area contributed by atoms with Crippen LogP contribution in [0.3, 0.4) is 0 Å². The zero-order valence-electron chi connectivity index (χ0n) is 39.3. The van der Waals surface area contributed by atoms with Gasteiger partial charge in [-0.15, -0.1) is 0 Å². The van der Waals surface area contributed by atoms with Crippen molar-refractivity contribution in [3.63, 3.8) is 0 Å². The molecule has 2 aromatic carbocycles. The molecule has 392 valence electrons. The SMILES string of the molecule is CC(C)C[C@H](NC(=O)CCC(=O)[C@@H]1CCN1c1ccc(F)cc1F)B(O)O.CC(C)C[C@H](NC(=O)CCC(=O)[C@@H]1CCN1c1ccc(F)cc1F)B1OC(=O)[C@H](CC(=O)O)O1.O=C(O)C[C@H](O)C(=O)O.[I-]. The molecule has 8 N–H and O–H groups in total. The highest BCUT2D eigenvalue weighted by atomic mass is 127. The fourth-order valence-corrected chi connectivity index (χ4v) is 7.48. The Morgan fingerprint density at radius 1 is 0.732 bits per heavy atom. The standard InChI is InChI=1S/C22H27BF2N2O7.C18H25BF2N2O4.C4H6O5.HI/c1-12(2)9-19(23-33-18(11-21(30)31)22(32)34-23)26-20(29)6-5-17(28)16-7-8-27(16)15-4-3-13(24)10-14(15)25;1-11(2)9-17(19(26)27)22-18(25)6-5-16(24)15-7-8-23(15)14-4-3-12(20)10-13(14)21;5-2(4(8)9)1-3(6)7;/h3-4,10,12,16,18-19H,5-9,11H2,1-2H3,(H,26,29)(H,30,31);3-4,10-11,15,17,26-27H,5-9H2,1-2H3,(H,22,25);2,5H,1H2,(H,6,7)(H,8,9);1H/p-1/t16-,18-,19-;15-,17-;2-;/m000./s1. The van der Waals surface area contributed by atoms with E-state index >= 15 is 0 Å². The predicted octanol–water partition coefficient (Wildman–Crippen LogP) is -0.786. The third-order valence-electron chi connectivity index (χ3n) is 11.1. The van der Waals surface area contributed by atoms with Crippen LogP contribution < -0.4 is 44.4 Å². The van der Waals surface area contributed by atoms with Gasteiger partial charge >= 0.3 is 38.1 Å². The summed E-state index contributed by atoms with van der Waals surface area (Å²) in [7, 11) is -2.79. The van der Waals surface area contributed by atoms with E-state index in [1.54, 1.807) is 9.80 Å². The van der Waals surface area contributed by atoms with Crippen molar-refractivity contribution in [2.45, 2.75) is 128 Å². The van der Waals surface area contributed by atoms with Gasteiger partial charge in [0, 0.05) is 50.9 Å². The normalized spacial score (nSPS) is 18.1. The molecule has 27 heteroatoms. The first-order valence-corrected chi connectivity index (χ1v) is 22.4. The van der Waals surface area contributed by atoms with Crippen molar-refractivity contribution in [3.8, 4) is 0 Å². The third-order valence-corrected chi connectivity index (χ3v) is 11.1. The van der Waals surface area contributed by atoms with Crippen molar-refractivity contribution in [2.24, 2.45) is 11.8 Å². The van der Waals surface area contributed by atoms with Crippen molar-refractivity contribution < 1.29 is 120 Å². The third kappa shape index (κ3) is 20.0. The number of benzene rings is 2. The molecule has 0 bridgehead atoms. The number of rotatable bonds is 23. The molecular weight excluding hydrogens is 1070 g/mol. The first-order chi connectivity index (χ1) is 32.8. The number of amides is 2. The minimum absolute atomic E-state index is 0. The molecule has 3 heterocycles. The molecule has 2 aromatic rings. The minimum Gasteiger partial charge on any atom is -1.00 e. The molecule has 3 aliphatic rings. The van der Waals surface area contributed by atoms with Gasteiger partial charge in [-0.3, -0.25) is 33.6 Å². The number of ketones is 2. The van der Waals surface area contributed by atoms with Gasteiger partial charge in [0.15, 0.2) is 23.8 Å². The van der Waals surface area contributed by atoms with E-state index in [9.17, 15) is 66.0 Å². The van der Waals surface area contributed by atoms with Gasteiger partial charge in [0.1, 0.15) is 23.3 Å². The summed E-state index contributed by atoms with van der Waals surface area (Å²) in [5, 5.41) is 56.9. The number of aliphatic hydroxyl groups is 1. The van der Waals surface area contributed by atoms with E-state index < -0.39 is 122 Å². The van der Waals surface area contributed by atoms with Crippen molar-refractivity contribution in [1.29, 1.82) is 0 Å². The summed E-state index contributed by atoms with van der Waals surface area (Å²) in [5.41, 5.74) is 0.314. The molecule has 0 aliphatic carbocycles. The van der Waals surface area contributed by atoms with Crippen LogP contribution in [0.5, 0.6) is 0 Å². The molecule has 0 unspecified atom stereocenters. The zero-order chi connectivity index (χ0) is 52.6. The first kappa shape index (κ1) is 61.7. The average molecular weight is 1120 g/mol. The van der Waals surface area contributed by atoms with Gasteiger partial charge in [-0.25, -0.2) is 22.4 Å². The second-order valence-corrected chi connectivity index (χ2v) is 17.6. The molecular formula is C44H58B2F4IN4O16-. The van der Waals surface area contributed by atoms with Crippen molar-refractivity contribution in [2.75, 3.05) is 22.9 Å². The minimum atomic E-state index is -1.79. The number of carboxylic acids is 3. The highest BCUT2D eigenvalue weighted by Crippen LogP contribution is 2.32. The fraction of sp³-hybridized carbons (Fsp3) is 0.545. The van der Waals surface area contributed by atoms with E-state index in [-0.39, 0.29) is 84.4 Å². The second kappa shape index (κ2) is 29.2. The molecule has 0 radical (unpaired) electrons. The molecule has 71 heavy (non-hydrogen) atoms. The van der Waals surface area contributed by atoms with Crippen LogP contribution in [0, 0.1) is 35.1 Å². The Bertz CT molecular complexity index is 2200. The van der Waals surface area contributed by atoms with Crippen molar-refractivity contribution >= 4 is 72.9 Å². The lowest BCUT2D eigenvalue weighted by molar-refractivity contribution is -0.152. The largest absolute Gasteiger partial charge is 1.00 e. The quantitative estimate of drug-likeness (QED) is 0.0384. The summed E-state index contributed by atoms with van der Waals surface area (Å²) in [6.07, 6.45) is -2.83. The van der Waals surface area contributed by atoms with Gasteiger partial charge in [-0.2, -0.15) is 0 Å². The van der Waals surface area contributed by atoms with E-state index in [2.05, 4.69) is 10.6 Å². The van der Waals surface area contributed by atoms with Crippen LogP contribution in [0.1, 0.15) is 91.9 Å². The number of hydrogen-bond donors (Lipinski definition) is 8. The molecule has 5 rings (SSSR count). The van der Waals surface area contributed by atoms with Crippen LogP contribution >= 0.6 is 0 Å². The van der Waals surface area contributed by atoms with Crippen LogP contribution in [0.4, 0.5) is 28.9 Å². The van der Waals surface area contributed by atoms with Crippen LogP contribution in [0.25, 0.3) is 0 Å². The molecule has 3 aliphatic heterocycles. The lowest BCUT2D eigenvalue weighted by Crippen LogP contribution is -3.00. The summed E-state index contributed by atoms with van der Waals surface area (Å²) in [4.78, 5) is 94.9. The Labute approximate surface area is 424 Å². The fourth-order valence-electron chi connectivity index (χ4n) is 7.48. The van der Waals surface area contributed by atoms with Gasteiger partial charge in [0.05, 0.1) is 48.2 Å².